The minimum Gasteiger partial charge on any atom is -0.465 e. The molecule has 0 saturated carbocycles. The summed E-state index contributed by atoms with van der Waals surface area (Å²) >= 11 is 0. The third kappa shape index (κ3) is 4.02. The zero-order chi connectivity index (χ0) is 12.5. The number of benzene rings is 1. The average molecular weight is 278 g/mol. The maximum absolute atomic E-state index is 12.7. The zero-order valence-electron chi connectivity index (χ0n) is 8.94. The van der Waals surface area contributed by atoms with Crippen LogP contribution < -0.4 is 56.8 Å². The Kier molecular flexibility index (Phi) is 6.29. The molecule has 0 spiro atoms. The quantitative estimate of drug-likeness (QED) is 0.386. The van der Waals surface area contributed by atoms with Crippen molar-refractivity contribution in [2.24, 2.45) is 0 Å². The zero-order valence-corrected chi connectivity index (χ0v) is 12.1. The predicted octanol–water partition coefficient (Wildman–Crippen LogP) is -1.19. The molecule has 1 rings (SSSR count). The Labute approximate surface area is 136 Å². The predicted molar refractivity (Wildman–Crippen MR) is 46.4 cm³/mol. The van der Waals surface area contributed by atoms with Gasteiger partial charge >= 0.3 is 64.3 Å². The van der Waals surface area contributed by atoms with E-state index in [0.29, 0.717) is 0 Å². The molecule has 0 aliphatic rings. The monoisotopic (exact) mass is 278 g/mol. The van der Waals surface area contributed by atoms with Gasteiger partial charge in [0.25, 0.3) is 0 Å². The van der Waals surface area contributed by atoms with Crippen molar-refractivity contribution in [3.05, 3.63) is 29.3 Å². The molecule has 0 aromatic heterocycles. The Morgan fingerprint density at radius 3 is 2.06 bits per heavy atom. The van der Waals surface area contributed by atoms with E-state index in [9.17, 15) is 26.5 Å². The minimum atomic E-state index is -5.62. The van der Waals surface area contributed by atoms with Crippen molar-refractivity contribution in [2.75, 3.05) is 7.11 Å². The van der Waals surface area contributed by atoms with Crippen molar-refractivity contribution >= 4 is 18.4 Å². The fraction of sp³-hybridized carbons (Fsp3) is 0.125. The molecule has 0 unspecified atom stereocenters. The topological polar surface area (TPSA) is 26.3 Å². The first-order chi connectivity index (χ1) is 7.27. The van der Waals surface area contributed by atoms with Gasteiger partial charge in [0.05, 0.1) is 7.11 Å². The van der Waals surface area contributed by atoms with E-state index >= 15 is 0 Å². The number of carbonyl (C=O) groups is 1. The second kappa shape index (κ2) is 6.28. The summed E-state index contributed by atoms with van der Waals surface area (Å²) in [4.78, 5) is 10.9. The van der Waals surface area contributed by atoms with Gasteiger partial charge in [0.15, 0.2) is 11.6 Å². The van der Waals surface area contributed by atoms with Gasteiger partial charge in [0, 0.05) is 5.56 Å². The SMILES string of the molecule is COC(=O)c1cc(F)c(F)cc1[B-](F)(F)F.[K+]. The Morgan fingerprint density at radius 2 is 1.65 bits per heavy atom. The van der Waals surface area contributed by atoms with Crippen molar-refractivity contribution in [3.63, 3.8) is 0 Å². The largest absolute Gasteiger partial charge is 1.00 e. The Hall–Kier alpha value is 0.0413. The standard InChI is InChI=1S/C8H5BF5O2.K/c1-16-8(15)4-2-6(10)7(11)3-5(4)9(12,13)14;/h2-3H,1H3;/q-1;+1. The summed E-state index contributed by atoms with van der Waals surface area (Å²) < 4.78 is 66.7. The third-order valence-corrected chi connectivity index (χ3v) is 1.85. The summed E-state index contributed by atoms with van der Waals surface area (Å²) in [6.07, 6.45) is 0. The molecular weight excluding hydrogens is 273 g/mol. The Balaban J connectivity index is 0.00000256. The molecule has 0 N–H and O–H groups in total. The van der Waals surface area contributed by atoms with Crippen LogP contribution in [-0.2, 0) is 4.74 Å². The molecule has 1 aromatic rings. The van der Waals surface area contributed by atoms with Crippen molar-refractivity contribution in [1.82, 2.24) is 0 Å². The van der Waals surface area contributed by atoms with E-state index in [2.05, 4.69) is 4.74 Å². The minimum absolute atomic E-state index is 0. The molecule has 2 nitrogen and oxygen atoms in total. The molecule has 0 radical (unpaired) electrons. The normalized spacial score (nSPS) is 10.7. The summed E-state index contributed by atoms with van der Waals surface area (Å²) in [6.45, 7) is -5.62. The molecule has 0 fully saturated rings. The van der Waals surface area contributed by atoms with Crippen LogP contribution >= 0.6 is 0 Å². The first-order valence-corrected chi connectivity index (χ1v) is 4.04. The molecule has 17 heavy (non-hydrogen) atoms. The summed E-state index contributed by atoms with van der Waals surface area (Å²) in [5.41, 5.74) is -2.54. The molecule has 0 aliphatic heterocycles. The van der Waals surface area contributed by atoms with Crippen molar-refractivity contribution in [1.29, 1.82) is 0 Å². The number of rotatable bonds is 2. The van der Waals surface area contributed by atoms with Crippen LogP contribution in [-0.4, -0.2) is 20.1 Å². The first kappa shape index (κ1) is 17.0. The fourth-order valence-corrected chi connectivity index (χ4v) is 1.12. The van der Waals surface area contributed by atoms with Crippen LogP contribution in [0.3, 0.4) is 0 Å². The second-order valence-electron chi connectivity index (χ2n) is 2.92. The van der Waals surface area contributed by atoms with Crippen LogP contribution in [0.4, 0.5) is 21.7 Å². The summed E-state index contributed by atoms with van der Waals surface area (Å²) in [5.74, 6) is -4.57. The van der Waals surface area contributed by atoms with E-state index in [4.69, 9.17) is 0 Å². The van der Waals surface area contributed by atoms with Gasteiger partial charge in [-0.15, -0.1) is 0 Å². The van der Waals surface area contributed by atoms with E-state index in [0.717, 1.165) is 7.11 Å². The van der Waals surface area contributed by atoms with E-state index < -0.39 is 35.6 Å². The van der Waals surface area contributed by atoms with Gasteiger partial charge in [-0.2, -0.15) is 0 Å². The van der Waals surface area contributed by atoms with Crippen LogP contribution in [0.15, 0.2) is 12.1 Å². The van der Waals surface area contributed by atoms with E-state index in [1.54, 1.807) is 0 Å². The van der Waals surface area contributed by atoms with Gasteiger partial charge in [-0.25, -0.2) is 13.6 Å². The number of carbonyl (C=O) groups excluding carboxylic acids is 1. The van der Waals surface area contributed by atoms with Crippen LogP contribution in [0.1, 0.15) is 10.4 Å². The van der Waals surface area contributed by atoms with Gasteiger partial charge in [0.2, 0.25) is 0 Å². The van der Waals surface area contributed by atoms with Gasteiger partial charge in [-0.1, -0.05) is 5.46 Å². The number of esters is 1. The molecule has 0 heterocycles. The molecule has 1 aromatic carbocycles. The number of halogens is 5. The number of ether oxygens (including phenoxy) is 1. The van der Waals surface area contributed by atoms with E-state index in [1.165, 1.54) is 0 Å². The number of hydrogen-bond acceptors (Lipinski definition) is 2. The third-order valence-electron chi connectivity index (χ3n) is 1.85. The maximum atomic E-state index is 12.7. The number of hydrogen-bond donors (Lipinski definition) is 0. The van der Waals surface area contributed by atoms with Crippen molar-refractivity contribution in [3.8, 4) is 0 Å². The molecule has 0 amide bonds. The average Bonchev–Trinajstić information content (AvgIpc) is 2.18. The molecule has 0 atom stereocenters. The van der Waals surface area contributed by atoms with Crippen molar-refractivity contribution < 1.29 is 82.6 Å². The fourth-order valence-electron chi connectivity index (χ4n) is 1.12. The van der Waals surface area contributed by atoms with Gasteiger partial charge in [0.1, 0.15) is 0 Å². The smallest absolute Gasteiger partial charge is 0.465 e. The molecular formula is C8H5BF5KO2. The van der Waals surface area contributed by atoms with Crippen LogP contribution in [0, 0.1) is 11.6 Å². The van der Waals surface area contributed by atoms with Crippen LogP contribution in [0.2, 0.25) is 0 Å². The summed E-state index contributed by atoms with van der Waals surface area (Å²) in [6, 6.07) is 0.118. The molecule has 9 heteroatoms. The van der Waals surface area contributed by atoms with E-state index in [-0.39, 0.29) is 63.5 Å². The first-order valence-electron chi connectivity index (χ1n) is 4.04. The van der Waals surface area contributed by atoms with Gasteiger partial charge in [-0.05, 0) is 12.1 Å². The van der Waals surface area contributed by atoms with Gasteiger partial charge < -0.3 is 17.7 Å². The Morgan fingerprint density at radius 1 is 1.18 bits per heavy atom. The number of methoxy groups -OCH3 is 1. The van der Waals surface area contributed by atoms with Crippen molar-refractivity contribution in [2.45, 2.75) is 0 Å². The van der Waals surface area contributed by atoms with E-state index in [1.807, 2.05) is 0 Å². The molecule has 0 saturated heterocycles. The van der Waals surface area contributed by atoms with Crippen LogP contribution in [0.25, 0.3) is 0 Å². The maximum Gasteiger partial charge on any atom is 1.00 e. The van der Waals surface area contributed by atoms with Gasteiger partial charge in [-0.3, -0.25) is 0 Å². The second-order valence-corrected chi connectivity index (χ2v) is 2.92. The summed E-state index contributed by atoms with van der Waals surface area (Å²) in [7, 11) is 0.844. The molecule has 0 aliphatic carbocycles. The molecule has 88 valence electrons. The summed E-state index contributed by atoms with van der Waals surface area (Å²) in [5, 5.41) is 0. The van der Waals surface area contributed by atoms with Crippen LogP contribution in [0.5, 0.6) is 0 Å². The Bertz CT molecular complexity index is 435. The molecule has 0 bridgehead atoms.